The van der Waals surface area contributed by atoms with Gasteiger partial charge in [-0.15, -0.1) is 0 Å². The Labute approximate surface area is 206 Å². The van der Waals surface area contributed by atoms with E-state index in [2.05, 4.69) is 13.7 Å². The number of hydrogen-bond acceptors (Lipinski definition) is 9. The molecule has 2 aromatic heterocycles. The number of nitrogens with zero attached hydrogens (tertiary/aromatic N) is 3. The van der Waals surface area contributed by atoms with Crippen molar-refractivity contribution < 1.29 is 24.1 Å². The summed E-state index contributed by atoms with van der Waals surface area (Å²) in [6.07, 6.45) is 1.86. The lowest BCUT2D eigenvalue weighted by molar-refractivity contribution is -0.185. The molecule has 2 aromatic carbocycles. The van der Waals surface area contributed by atoms with E-state index in [4.69, 9.17) is 14.2 Å². The Bertz CT molecular complexity index is 1430. The number of fused-ring (bicyclic) bond motifs is 1. The second-order valence-corrected chi connectivity index (χ2v) is 8.96. The summed E-state index contributed by atoms with van der Waals surface area (Å²) in [6, 6.07) is 15.9. The molecule has 1 atom stereocenters. The van der Waals surface area contributed by atoms with Gasteiger partial charge >= 0.3 is 5.97 Å². The number of aliphatic hydroxyl groups is 1. The van der Waals surface area contributed by atoms with Crippen molar-refractivity contribution in [1.29, 1.82) is 0 Å². The predicted molar refractivity (Wildman–Crippen MR) is 131 cm³/mol. The molecule has 1 unspecified atom stereocenters. The van der Waals surface area contributed by atoms with E-state index in [-0.39, 0.29) is 12.5 Å². The van der Waals surface area contributed by atoms with Gasteiger partial charge in [0.05, 0.1) is 30.5 Å². The van der Waals surface area contributed by atoms with E-state index in [1.165, 1.54) is 7.11 Å². The highest BCUT2D eigenvalue weighted by atomic mass is 32.1. The van der Waals surface area contributed by atoms with Crippen LogP contribution in [-0.2, 0) is 21.7 Å². The van der Waals surface area contributed by atoms with Crippen LogP contribution in [-0.4, -0.2) is 38.0 Å². The van der Waals surface area contributed by atoms with E-state index in [1.54, 1.807) is 54.7 Å². The molecule has 35 heavy (non-hydrogen) atoms. The molecule has 0 bridgehead atoms. The monoisotopic (exact) mass is 489 g/mol. The van der Waals surface area contributed by atoms with Crippen LogP contribution in [0, 0.1) is 0 Å². The van der Waals surface area contributed by atoms with Crippen molar-refractivity contribution in [2.24, 2.45) is 0 Å². The second kappa shape index (κ2) is 9.09. The van der Waals surface area contributed by atoms with Crippen LogP contribution in [0.25, 0.3) is 16.6 Å². The number of hydrogen-bond donors (Lipinski definition) is 1. The zero-order valence-electron chi connectivity index (χ0n) is 19.4. The largest absolute Gasteiger partial charge is 0.491 e. The topological polar surface area (TPSA) is 104 Å². The molecule has 0 aliphatic carbocycles. The zero-order chi connectivity index (χ0) is 24.6. The van der Waals surface area contributed by atoms with Gasteiger partial charge in [0.2, 0.25) is 5.88 Å². The summed E-state index contributed by atoms with van der Waals surface area (Å²) in [4.78, 5) is 17.4. The normalized spacial score (nSPS) is 17.8. The Balaban J connectivity index is 1.64. The minimum absolute atomic E-state index is 0.00657. The Morgan fingerprint density at radius 1 is 1.06 bits per heavy atom. The van der Waals surface area contributed by atoms with Gasteiger partial charge in [-0.25, -0.2) is 9.78 Å². The first-order chi connectivity index (χ1) is 16.9. The van der Waals surface area contributed by atoms with E-state index in [0.717, 1.165) is 22.8 Å². The highest BCUT2D eigenvalue weighted by molar-refractivity contribution is 7.00. The molecule has 3 heterocycles. The third-order valence-corrected chi connectivity index (χ3v) is 6.26. The maximum absolute atomic E-state index is 13.2. The molecule has 9 heteroatoms. The Morgan fingerprint density at radius 2 is 1.83 bits per heavy atom. The first-order valence-corrected chi connectivity index (χ1v) is 11.8. The van der Waals surface area contributed by atoms with Crippen molar-refractivity contribution >= 4 is 34.3 Å². The average molecular weight is 490 g/mol. The molecular weight excluding hydrogens is 466 g/mol. The zero-order valence-corrected chi connectivity index (χ0v) is 20.2. The van der Waals surface area contributed by atoms with Crippen LogP contribution in [0.5, 0.6) is 11.6 Å². The van der Waals surface area contributed by atoms with E-state index in [1.807, 2.05) is 19.9 Å². The minimum atomic E-state index is -1.96. The predicted octanol–water partition coefficient (Wildman–Crippen LogP) is 4.28. The number of ether oxygens (including phenoxy) is 3. The number of carbonyl (C=O) groups excluding carboxylic acids is 1. The summed E-state index contributed by atoms with van der Waals surface area (Å²) in [5.74, 6) is -1.49. The van der Waals surface area contributed by atoms with Crippen LogP contribution in [0.2, 0.25) is 0 Å². The van der Waals surface area contributed by atoms with Gasteiger partial charge in [0.1, 0.15) is 16.8 Å². The summed E-state index contributed by atoms with van der Waals surface area (Å²) in [5.41, 5.74) is 3.94. The van der Waals surface area contributed by atoms with E-state index >= 15 is 0 Å². The van der Waals surface area contributed by atoms with Gasteiger partial charge in [-0.3, -0.25) is 0 Å². The van der Waals surface area contributed by atoms with Crippen molar-refractivity contribution in [2.75, 3.05) is 7.11 Å². The van der Waals surface area contributed by atoms with Gasteiger partial charge in [0.15, 0.2) is 0 Å². The molecule has 0 fully saturated rings. The molecule has 1 aliphatic heterocycles. The average Bonchev–Trinajstić information content (AvgIpc) is 3.41. The fourth-order valence-electron chi connectivity index (χ4n) is 4.12. The number of carbonyl (C=O) groups is 1. The molecule has 0 radical (unpaired) electrons. The van der Waals surface area contributed by atoms with Crippen LogP contribution in [0.4, 0.5) is 0 Å². The summed E-state index contributed by atoms with van der Waals surface area (Å²) < 4.78 is 25.2. The van der Waals surface area contributed by atoms with Crippen LogP contribution in [0.1, 0.15) is 30.5 Å². The number of methoxy groups -OCH3 is 1. The second-order valence-electron chi connectivity index (χ2n) is 8.43. The number of aromatic nitrogens is 3. The van der Waals surface area contributed by atoms with Gasteiger partial charge in [-0.05, 0) is 67.4 Å². The summed E-state index contributed by atoms with van der Waals surface area (Å²) in [5, 5.41) is 11.8. The highest BCUT2D eigenvalue weighted by Crippen LogP contribution is 2.45. The van der Waals surface area contributed by atoms with E-state index in [9.17, 15) is 9.90 Å². The number of benzene rings is 2. The first-order valence-electron chi connectivity index (χ1n) is 11.1. The third-order valence-electron chi connectivity index (χ3n) is 5.70. The highest BCUT2D eigenvalue weighted by Gasteiger charge is 2.48. The van der Waals surface area contributed by atoms with Crippen LogP contribution < -0.4 is 9.47 Å². The van der Waals surface area contributed by atoms with Crippen molar-refractivity contribution in [1.82, 2.24) is 13.7 Å². The number of esters is 1. The molecule has 0 saturated carbocycles. The first kappa shape index (κ1) is 22.9. The fourth-order valence-corrected chi connectivity index (χ4v) is 4.64. The number of rotatable bonds is 7. The summed E-state index contributed by atoms with van der Waals surface area (Å²) in [6.45, 7) is 3.87. The number of pyridine rings is 1. The molecule has 178 valence electrons. The van der Waals surface area contributed by atoms with E-state index < -0.39 is 11.8 Å². The molecule has 5 rings (SSSR count). The smallest absolute Gasteiger partial charge is 0.342 e. The molecule has 4 aromatic rings. The maximum Gasteiger partial charge on any atom is 0.342 e. The summed E-state index contributed by atoms with van der Waals surface area (Å²) in [7, 11) is 1.53. The van der Waals surface area contributed by atoms with Crippen LogP contribution in [0.3, 0.4) is 0 Å². The van der Waals surface area contributed by atoms with Crippen LogP contribution >= 0.6 is 11.7 Å². The Hall–Kier alpha value is -3.82. The van der Waals surface area contributed by atoms with Crippen molar-refractivity contribution in [3.8, 4) is 11.6 Å². The molecule has 1 N–H and O–H groups in total. The fraction of sp³-hybridized carbons (Fsp3) is 0.231. The molecule has 8 nitrogen and oxygen atoms in total. The standard InChI is InChI=1S/C26H23N3O5S/c1-15(2)33-19-7-5-18(6-8-19)26(31)20(12-16-10-11-27-23(13-16)32-3)24(25(30)34-26)17-4-9-21-22(14-17)29-35-28-21/h4-11,13-15,31H,12H2,1-3H3. The molecule has 0 spiro atoms. The Kier molecular flexibility index (Phi) is 5.96. The lowest BCUT2D eigenvalue weighted by atomic mass is 9.88. The van der Waals surface area contributed by atoms with Gasteiger partial charge < -0.3 is 19.3 Å². The molecule has 0 amide bonds. The summed E-state index contributed by atoms with van der Waals surface area (Å²) >= 11 is 1.10. The van der Waals surface area contributed by atoms with Crippen molar-refractivity contribution in [2.45, 2.75) is 32.2 Å². The van der Waals surface area contributed by atoms with Gasteiger partial charge in [0.25, 0.3) is 5.79 Å². The van der Waals surface area contributed by atoms with Crippen molar-refractivity contribution in [3.63, 3.8) is 0 Å². The van der Waals surface area contributed by atoms with Crippen molar-refractivity contribution in [3.05, 3.63) is 83.1 Å². The third kappa shape index (κ3) is 4.36. The molecule has 1 aliphatic rings. The molecular formula is C26H23N3O5S. The SMILES string of the molecule is COc1cc(CC2=C(c3ccc4nsnc4c3)C(=O)OC2(O)c2ccc(OC(C)C)cc2)ccn1. The quantitative estimate of drug-likeness (QED) is 0.384. The Morgan fingerprint density at radius 3 is 2.57 bits per heavy atom. The number of cyclic esters (lactones) is 1. The van der Waals surface area contributed by atoms with Gasteiger partial charge in [-0.2, -0.15) is 8.75 Å². The minimum Gasteiger partial charge on any atom is -0.491 e. The molecule has 0 saturated heterocycles. The van der Waals surface area contributed by atoms with Gasteiger partial charge in [0, 0.05) is 29.8 Å². The van der Waals surface area contributed by atoms with Crippen LogP contribution in [0.15, 0.2) is 66.4 Å². The van der Waals surface area contributed by atoms with E-state index in [0.29, 0.717) is 39.4 Å². The lowest BCUT2D eigenvalue weighted by Crippen LogP contribution is -2.29. The lowest BCUT2D eigenvalue weighted by Gasteiger charge is -2.26. The maximum atomic E-state index is 13.2. The van der Waals surface area contributed by atoms with Gasteiger partial charge in [-0.1, -0.05) is 6.07 Å².